The van der Waals surface area contributed by atoms with Crippen molar-refractivity contribution in [2.45, 2.75) is 38.6 Å². The van der Waals surface area contributed by atoms with Gasteiger partial charge in [0.15, 0.2) is 0 Å². The molecule has 0 saturated carbocycles. The van der Waals surface area contributed by atoms with Gasteiger partial charge in [-0.05, 0) is 49.9 Å². The first-order valence-corrected chi connectivity index (χ1v) is 10.2. The maximum Gasteiger partial charge on any atom is 0.253 e. The molecule has 1 N–H and O–H groups in total. The van der Waals surface area contributed by atoms with E-state index in [1.165, 1.54) is 11.1 Å². The van der Waals surface area contributed by atoms with Gasteiger partial charge in [-0.3, -0.25) is 9.59 Å². The second kappa shape index (κ2) is 9.18. The minimum absolute atomic E-state index is 0.0560. The Labute approximate surface area is 169 Å². The van der Waals surface area contributed by atoms with Crippen molar-refractivity contribution < 1.29 is 9.59 Å². The average Bonchev–Trinajstić information content (AvgIpc) is 2.67. The topological polar surface area (TPSA) is 49.4 Å². The number of nitrogens with one attached hydrogen (secondary N) is 1. The van der Waals surface area contributed by atoms with Gasteiger partial charge in [-0.2, -0.15) is 0 Å². The van der Waals surface area contributed by atoms with E-state index in [4.69, 9.17) is 0 Å². The highest BCUT2D eigenvalue weighted by Gasteiger charge is 2.24. The lowest BCUT2D eigenvalue weighted by atomic mass is 10.0. The molecular formula is C22H25BrN2O2. The van der Waals surface area contributed by atoms with Crippen LogP contribution in [0, 0.1) is 6.92 Å². The van der Waals surface area contributed by atoms with Gasteiger partial charge in [0.1, 0.15) is 0 Å². The van der Waals surface area contributed by atoms with Gasteiger partial charge in [0.25, 0.3) is 5.91 Å². The number of halogens is 1. The van der Waals surface area contributed by atoms with E-state index in [0.717, 1.165) is 23.7 Å². The molecule has 0 radical (unpaired) electrons. The molecule has 0 bridgehead atoms. The Hall–Kier alpha value is -2.14. The second-order valence-electron chi connectivity index (χ2n) is 7.13. The van der Waals surface area contributed by atoms with Gasteiger partial charge < -0.3 is 10.2 Å². The number of nitrogens with zero attached hydrogens (tertiary/aromatic N) is 1. The minimum atomic E-state index is 0.0560. The zero-order valence-electron chi connectivity index (χ0n) is 15.6. The molecular weight excluding hydrogens is 404 g/mol. The number of amides is 2. The van der Waals surface area contributed by atoms with E-state index in [1.54, 1.807) is 0 Å². The summed E-state index contributed by atoms with van der Waals surface area (Å²) in [4.78, 5) is 26.7. The van der Waals surface area contributed by atoms with Crippen molar-refractivity contribution in [2.75, 3.05) is 13.1 Å². The number of hydrogen-bond donors (Lipinski definition) is 1. The first kappa shape index (κ1) is 19.6. The molecule has 0 aromatic heterocycles. The number of hydrogen-bond acceptors (Lipinski definition) is 2. The van der Waals surface area contributed by atoms with E-state index >= 15 is 0 Å². The first-order valence-electron chi connectivity index (χ1n) is 9.41. The van der Waals surface area contributed by atoms with Gasteiger partial charge in [0.05, 0.1) is 0 Å². The number of likely N-dealkylation sites (tertiary alicyclic amines) is 1. The predicted octanol–water partition coefficient (Wildman–Crippen LogP) is 4.11. The van der Waals surface area contributed by atoms with Gasteiger partial charge >= 0.3 is 0 Å². The molecule has 0 unspecified atom stereocenters. The molecule has 0 aliphatic carbocycles. The van der Waals surface area contributed by atoms with Crippen LogP contribution >= 0.6 is 15.9 Å². The van der Waals surface area contributed by atoms with Gasteiger partial charge in [-0.1, -0.05) is 51.8 Å². The van der Waals surface area contributed by atoms with E-state index in [0.29, 0.717) is 25.1 Å². The lowest BCUT2D eigenvalue weighted by molar-refractivity contribution is -0.122. The summed E-state index contributed by atoms with van der Waals surface area (Å²) in [6.07, 6.45) is 2.86. The van der Waals surface area contributed by atoms with Gasteiger partial charge in [0, 0.05) is 35.6 Å². The molecule has 2 aromatic rings. The standard InChI is InChI=1S/C22H25BrN2O2/c1-16-5-7-17(8-6-16)9-10-21(26)24-20-11-13-25(14-12-20)22(27)18-3-2-4-19(23)15-18/h2-8,15,20H,9-14H2,1H3,(H,24,26). The van der Waals surface area contributed by atoms with Crippen molar-refractivity contribution in [2.24, 2.45) is 0 Å². The Morgan fingerprint density at radius 2 is 1.81 bits per heavy atom. The van der Waals surface area contributed by atoms with E-state index in [-0.39, 0.29) is 17.9 Å². The van der Waals surface area contributed by atoms with Crippen LogP contribution in [0.1, 0.15) is 40.7 Å². The fourth-order valence-electron chi connectivity index (χ4n) is 3.34. The molecule has 0 spiro atoms. The number of carbonyl (C=O) groups excluding carboxylic acids is 2. The maximum absolute atomic E-state index is 12.6. The first-order chi connectivity index (χ1) is 13.0. The molecule has 1 aliphatic heterocycles. The molecule has 4 nitrogen and oxygen atoms in total. The monoisotopic (exact) mass is 428 g/mol. The number of piperidine rings is 1. The van der Waals surface area contributed by atoms with Crippen molar-refractivity contribution in [1.82, 2.24) is 10.2 Å². The van der Waals surface area contributed by atoms with Crippen LogP contribution in [0.25, 0.3) is 0 Å². The largest absolute Gasteiger partial charge is 0.353 e. The molecule has 1 aliphatic rings. The smallest absolute Gasteiger partial charge is 0.253 e. The zero-order valence-corrected chi connectivity index (χ0v) is 17.2. The maximum atomic E-state index is 12.6. The highest BCUT2D eigenvalue weighted by Crippen LogP contribution is 2.17. The molecule has 142 valence electrons. The lowest BCUT2D eigenvalue weighted by Gasteiger charge is -2.32. The molecule has 1 saturated heterocycles. The number of aryl methyl sites for hydroxylation is 2. The Balaban J connectivity index is 1.43. The van der Waals surface area contributed by atoms with Crippen molar-refractivity contribution in [3.05, 3.63) is 69.7 Å². The summed E-state index contributed by atoms with van der Waals surface area (Å²) in [6.45, 7) is 3.41. The Kier molecular flexibility index (Phi) is 6.67. The Morgan fingerprint density at radius 1 is 1.11 bits per heavy atom. The number of benzene rings is 2. The average molecular weight is 429 g/mol. The van der Waals surface area contributed by atoms with E-state index in [2.05, 4.69) is 52.4 Å². The van der Waals surface area contributed by atoms with Gasteiger partial charge in [0.2, 0.25) is 5.91 Å². The predicted molar refractivity (Wildman–Crippen MR) is 111 cm³/mol. The summed E-state index contributed by atoms with van der Waals surface area (Å²) in [5, 5.41) is 3.12. The van der Waals surface area contributed by atoms with Crippen LogP contribution in [0.4, 0.5) is 0 Å². The third-order valence-electron chi connectivity index (χ3n) is 4.98. The van der Waals surface area contributed by atoms with Crippen LogP contribution in [0.2, 0.25) is 0 Å². The summed E-state index contributed by atoms with van der Waals surface area (Å²) in [5.41, 5.74) is 3.11. The van der Waals surface area contributed by atoms with Crippen LogP contribution in [0.5, 0.6) is 0 Å². The molecule has 2 amide bonds. The minimum Gasteiger partial charge on any atom is -0.353 e. The molecule has 3 rings (SSSR count). The molecule has 0 atom stereocenters. The highest BCUT2D eigenvalue weighted by molar-refractivity contribution is 9.10. The summed E-state index contributed by atoms with van der Waals surface area (Å²) in [6, 6.07) is 15.9. The summed E-state index contributed by atoms with van der Waals surface area (Å²) in [5.74, 6) is 0.146. The quantitative estimate of drug-likeness (QED) is 0.778. The number of carbonyl (C=O) groups is 2. The third kappa shape index (κ3) is 5.67. The van der Waals surface area contributed by atoms with Gasteiger partial charge in [-0.25, -0.2) is 0 Å². The summed E-state index contributed by atoms with van der Waals surface area (Å²) >= 11 is 3.41. The Bertz CT molecular complexity index is 796. The van der Waals surface area contributed by atoms with Gasteiger partial charge in [-0.15, -0.1) is 0 Å². The lowest BCUT2D eigenvalue weighted by Crippen LogP contribution is -2.46. The summed E-state index contributed by atoms with van der Waals surface area (Å²) < 4.78 is 0.907. The normalized spacial score (nSPS) is 14.8. The highest BCUT2D eigenvalue weighted by atomic mass is 79.9. The molecule has 5 heteroatoms. The number of rotatable bonds is 5. The van der Waals surface area contributed by atoms with Crippen LogP contribution in [-0.4, -0.2) is 35.8 Å². The molecule has 1 heterocycles. The van der Waals surface area contributed by atoms with E-state index in [9.17, 15) is 9.59 Å². The SMILES string of the molecule is Cc1ccc(CCC(=O)NC2CCN(C(=O)c3cccc(Br)c3)CC2)cc1. The Morgan fingerprint density at radius 3 is 2.48 bits per heavy atom. The van der Waals surface area contributed by atoms with Crippen LogP contribution in [0.3, 0.4) is 0 Å². The molecule has 2 aromatic carbocycles. The third-order valence-corrected chi connectivity index (χ3v) is 5.47. The molecule has 27 heavy (non-hydrogen) atoms. The van der Waals surface area contributed by atoms with Crippen LogP contribution < -0.4 is 5.32 Å². The van der Waals surface area contributed by atoms with Crippen LogP contribution in [-0.2, 0) is 11.2 Å². The van der Waals surface area contributed by atoms with Crippen molar-refractivity contribution >= 4 is 27.7 Å². The van der Waals surface area contributed by atoms with Crippen molar-refractivity contribution in [3.8, 4) is 0 Å². The fraction of sp³-hybridized carbons (Fsp3) is 0.364. The van der Waals surface area contributed by atoms with E-state index in [1.807, 2.05) is 29.2 Å². The van der Waals surface area contributed by atoms with Crippen molar-refractivity contribution in [1.29, 1.82) is 0 Å². The molecule has 1 fully saturated rings. The van der Waals surface area contributed by atoms with Crippen LogP contribution in [0.15, 0.2) is 53.0 Å². The fourth-order valence-corrected chi connectivity index (χ4v) is 3.74. The zero-order chi connectivity index (χ0) is 19.2. The van der Waals surface area contributed by atoms with E-state index < -0.39 is 0 Å². The second-order valence-corrected chi connectivity index (χ2v) is 8.05. The van der Waals surface area contributed by atoms with Crippen molar-refractivity contribution in [3.63, 3.8) is 0 Å². The summed E-state index contributed by atoms with van der Waals surface area (Å²) in [7, 11) is 0.